The van der Waals surface area contributed by atoms with Crippen molar-refractivity contribution >= 4 is 22.6 Å². The third kappa shape index (κ3) is 3.00. The molecule has 6 nitrogen and oxygen atoms in total. The van der Waals surface area contributed by atoms with Crippen molar-refractivity contribution in [2.75, 3.05) is 18.0 Å². The fourth-order valence-corrected chi connectivity index (χ4v) is 5.38. The third-order valence-corrected chi connectivity index (χ3v) is 7.07. The van der Waals surface area contributed by atoms with E-state index in [9.17, 15) is 14.7 Å². The Labute approximate surface area is 172 Å². The van der Waals surface area contributed by atoms with Crippen molar-refractivity contribution in [3.63, 3.8) is 0 Å². The van der Waals surface area contributed by atoms with E-state index in [1.165, 1.54) is 10.8 Å². The summed E-state index contributed by atoms with van der Waals surface area (Å²) in [6.45, 7) is 1.03. The highest BCUT2D eigenvalue weighted by atomic mass is 19.1. The maximum atomic E-state index is 15.8. The fourth-order valence-electron chi connectivity index (χ4n) is 5.38. The fraction of sp³-hybridized carbons (Fsp3) is 0.545. The predicted octanol–water partition coefficient (Wildman–Crippen LogP) is 3.27. The lowest BCUT2D eigenvalue weighted by Gasteiger charge is -2.24. The van der Waals surface area contributed by atoms with Crippen molar-refractivity contribution in [3.8, 4) is 0 Å². The molecule has 1 aromatic carbocycles. The lowest BCUT2D eigenvalue weighted by molar-refractivity contribution is 0.0694. The maximum Gasteiger partial charge on any atom is 0.341 e. The molecule has 2 saturated carbocycles. The highest BCUT2D eigenvalue weighted by Gasteiger charge is 2.40. The number of aromatic nitrogens is 1. The van der Waals surface area contributed by atoms with Crippen molar-refractivity contribution in [1.29, 1.82) is 0 Å². The third-order valence-electron chi connectivity index (χ3n) is 7.07. The molecule has 0 spiro atoms. The topological polar surface area (TPSA) is 88.6 Å². The number of carboxylic acid groups (broad SMARTS) is 1. The summed E-state index contributed by atoms with van der Waals surface area (Å²) in [6, 6.07) is 0.962. The number of nitrogens with two attached hydrogens (primary N) is 1. The number of hydrogen-bond acceptors (Lipinski definition) is 4. The van der Waals surface area contributed by atoms with E-state index >= 15 is 8.78 Å². The van der Waals surface area contributed by atoms with Gasteiger partial charge in [-0.3, -0.25) is 4.79 Å². The largest absolute Gasteiger partial charge is 0.477 e. The second-order valence-corrected chi connectivity index (χ2v) is 9.01. The summed E-state index contributed by atoms with van der Waals surface area (Å²) in [7, 11) is 0. The molecular weight excluding hydrogens is 392 g/mol. The first-order valence-corrected chi connectivity index (χ1v) is 10.7. The Morgan fingerprint density at radius 1 is 1.13 bits per heavy atom. The van der Waals surface area contributed by atoms with Gasteiger partial charge in [0.1, 0.15) is 17.1 Å². The highest BCUT2D eigenvalue weighted by Crippen LogP contribution is 2.42. The van der Waals surface area contributed by atoms with Gasteiger partial charge in [-0.15, -0.1) is 0 Å². The van der Waals surface area contributed by atoms with Crippen LogP contribution in [0.25, 0.3) is 10.9 Å². The van der Waals surface area contributed by atoms with E-state index in [0.29, 0.717) is 19.0 Å². The molecule has 3 atom stereocenters. The molecule has 2 aromatic rings. The molecule has 1 saturated heterocycles. The zero-order valence-electron chi connectivity index (χ0n) is 16.6. The minimum absolute atomic E-state index is 0.000271. The van der Waals surface area contributed by atoms with Crippen molar-refractivity contribution in [3.05, 3.63) is 39.7 Å². The van der Waals surface area contributed by atoms with Crippen LogP contribution < -0.4 is 16.1 Å². The Morgan fingerprint density at radius 3 is 2.57 bits per heavy atom. The van der Waals surface area contributed by atoms with Gasteiger partial charge in [0.15, 0.2) is 5.82 Å². The second-order valence-electron chi connectivity index (χ2n) is 9.01. The van der Waals surface area contributed by atoms with Gasteiger partial charge >= 0.3 is 5.97 Å². The molecule has 2 heterocycles. The van der Waals surface area contributed by atoms with Gasteiger partial charge in [-0.25, -0.2) is 13.6 Å². The summed E-state index contributed by atoms with van der Waals surface area (Å²) < 4.78 is 32.4. The maximum absolute atomic E-state index is 15.8. The number of benzene rings is 1. The molecule has 1 aliphatic heterocycles. The molecule has 2 aliphatic carbocycles. The van der Waals surface area contributed by atoms with Crippen LogP contribution in [-0.2, 0) is 0 Å². The summed E-state index contributed by atoms with van der Waals surface area (Å²) >= 11 is 0. The number of fused-ring (bicyclic) bond motifs is 2. The number of carbonyl (C=O) groups is 1. The van der Waals surface area contributed by atoms with Crippen LogP contribution in [0.1, 0.15) is 54.9 Å². The van der Waals surface area contributed by atoms with Gasteiger partial charge in [-0.05, 0) is 43.6 Å². The standard InChI is InChI=1S/C22H25F2N3O3/c23-16-7-13-19(27(12-5-6-12)10-15(21(13)28)22(29)30)18(24)20(16)26-8-11-3-1-2-4-17(25)14(11)9-26/h7,10-12,14,17H,1-6,8-9,25H2,(H,29,30)/t11-,14+,17-/m1/s1. The van der Waals surface area contributed by atoms with Crippen molar-refractivity contribution in [1.82, 2.24) is 4.57 Å². The van der Waals surface area contributed by atoms with Crippen LogP contribution >= 0.6 is 0 Å². The predicted molar refractivity (Wildman–Crippen MR) is 109 cm³/mol. The van der Waals surface area contributed by atoms with Crippen molar-refractivity contribution in [2.45, 2.75) is 50.6 Å². The molecule has 1 aromatic heterocycles. The summed E-state index contributed by atoms with van der Waals surface area (Å²) in [4.78, 5) is 25.9. The van der Waals surface area contributed by atoms with Gasteiger partial charge in [-0.1, -0.05) is 12.8 Å². The molecule has 0 amide bonds. The number of hydrogen-bond donors (Lipinski definition) is 2. The summed E-state index contributed by atoms with van der Waals surface area (Å²) in [6.07, 6.45) is 6.84. The quantitative estimate of drug-likeness (QED) is 0.800. The van der Waals surface area contributed by atoms with Crippen molar-refractivity contribution < 1.29 is 18.7 Å². The number of halogens is 2. The first-order valence-electron chi connectivity index (χ1n) is 10.7. The molecule has 30 heavy (non-hydrogen) atoms. The summed E-state index contributed by atoms with van der Waals surface area (Å²) in [5.41, 5.74) is 4.91. The molecular formula is C22H25F2N3O3. The molecule has 160 valence electrons. The van der Waals surface area contributed by atoms with Crippen LogP contribution in [0.5, 0.6) is 0 Å². The Kier molecular flexibility index (Phi) is 4.57. The zero-order valence-corrected chi connectivity index (χ0v) is 16.6. The molecule has 0 bridgehead atoms. The van der Waals surface area contributed by atoms with Gasteiger partial charge < -0.3 is 20.3 Å². The molecule has 5 rings (SSSR count). The summed E-state index contributed by atoms with van der Waals surface area (Å²) in [5.74, 6) is -2.50. The number of anilines is 1. The van der Waals surface area contributed by atoms with E-state index < -0.39 is 28.6 Å². The van der Waals surface area contributed by atoms with E-state index in [2.05, 4.69) is 0 Å². The average Bonchev–Trinajstić information content (AvgIpc) is 3.48. The average molecular weight is 417 g/mol. The minimum atomic E-state index is -1.39. The first-order chi connectivity index (χ1) is 14.4. The van der Waals surface area contributed by atoms with Crippen LogP contribution in [-0.4, -0.2) is 34.8 Å². The van der Waals surface area contributed by atoms with Crippen LogP contribution in [0.3, 0.4) is 0 Å². The Hall–Kier alpha value is -2.48. The number of pyridine rings is 1. The normalized spacial score (nSPS) is 26.6. The SMILES string of the molecule is N[C@@H]1CCCC[C@@H]2CN(c3c(F)cc4c(=O)c(C(=O)O)cn(C5CC5)c4c3F)C[C@@H]21. The molecule has 3 fully saturated rings. The van der Waals surface area contributed by atoms with Gasteiger partial charge in [0.2, 0.25) is 5.43 Å². The van der Waals surface area contributed by atoms with E-state index in [4.69, 9.17) is 5.73 Å². The molecule has 0 unspecified atom stereocenters. The van der Waals surface area contributed by atoms with Crippen LogP contribution in [0.2, 0.25) is 0 Å². The number of rotatable bonds is 3. The van der Waals surface area contributed by atoms with Crippen LogP contribution in [0.4, 0.5) is 14.5 Å². The first kappa shape index (κ1) is 19.5. The highest BCUT2D eigenvalue weighted by molar-refractivity contribution is 5.94. The molecule has 8 heteroatoms. The van der Waals surface area contributed by atoms with E-state index in [1.807, 2.05) is 0 Å². The Bertz CT molecular complexity index is 1100. The number of aromatic carboxylic acids is 1. The zero-order chi connectivity index (χ0) is 21.2. The molecule has 3 N–H and O–H groups in total. The van der Waals surface area contributed by atoms with E-state index in [-0.39, 0.29) is 34.6 Å². The van der Waals surface area contributed by atoms with Crippen LogP contribution in [0.15, 0.2) is 17.1 Å². The van der Waals surface area contributed by atoms with E-state index in [1.54, 1.807) is 4.90 Å². The molecule has 0 radical (unpaired) electrons. The van der Waals surface area contributed by atoms with Gasteiger partial charge in [0.25, 0.3) is 0 Å². The molecule has 3 aliphatic rings. The monoisotopic (exact) mass is 417 g/mol. The lowest BCUT2D eigenvalue weighted by atomic mass is 9.88. The minimum Gasteiger partial charge on any atom is -0.477 e. The lowest BCUT2D eigenvalue weighted by Crippen LogP contribution is -2.34. The number of nitrogens with zero attached hydrogens (tertiary/aromatic N) is 2. The Morgan fingerprint density at radius 2 is 1.87 bits per heavy atom. The van der Waals surface area contributed by atoms with Crippen molar-refractivity contribution in [2.24, 2.45) is 17.6 Å². The Balaban J connectivity index is 1.66. The van der Waals surface area contributed by atoms with Gasteiger partial charge in [0.05, 0.1) is 10.9 Å². The second kappa shape index (κ2) is 7.04. The van der Waals surface area contributed by atoms with Crippen LogP contribution in [0, 0.1) is 23.5 Å². The van der Waals surface area contributed by atoms with Gasteiger partial charge in [-0.2, -0.15) is 0 Å². The van der Waals surface area contributed by atoms with Gasteiger partial charge in [0, 0.05) is 31.4 Å². The summed E-state index contributed by atoms with van der Waals surface area (Å²) in [5, 5.41) is 9.15. The van der Waals surface area contributed by atoms with E-state index in [0.717, 1.165) is 44.6 Å². The smallest absolute Gasteiger partial charge is 0.341 e. The number of carboxylic acids is 1.